The summed E-state index contributed by atoms with van der Waals surface area (Å²) in [6, 6.07) is 10.0. The molecule has 27 heavy (non-hydrogen) atoms. The third kappa shape index (κ3) is 9.09. The average molecular weight is 389 g/mol. The summed E-state index contributed by atoms with van der Waals surface area (Å²) in [7, 11) is -4.26. The molecule has 0 aliphatic heterocycles. The first kappa shape index (κ1) is 24.5. The lowest BCUT2D eigenvalue weighted by Crippen LogP contribution is -2.02. The minimum absolute atomic E-state index is 0.119. The van der Waals surface area contributed by atoms with Crippen molar-refractivity contribution < 1.29 is 17.7 Å². The number of rotatable bonds is 6. The number of ether oxygens (including phenoxy) is 1. The lowest BCUT2D eigenvalue weighted by molar-refractivity contribution is 0.320. The molecule has 0 amide bonds. The molecule has 0 spiro atoms. The Morgan fingerprint density at radius 1 is 1.22 bits per heavy atom. The summed E-state index contributed by atoms with van der Waals surface area (Å²) in [6.45, 7) is 9.73. The van der Waals surface area contributed by atoms with E-state index in [0.717, 1.165) is 18.2 Å². The van der Waals surface area contributed by atoms with Crippen LogP contribution in [0.5, 0.6) is 5.75 Å². The average Bonchev–Trinajstić information content (AvgIpc) is 2.64. The van der Waals surface area contributed by atoms with Gasteiger partial charge in [0.25, 0.3) is 10.1 Å². The van der Waals surface area contributed by atoms with E-state index in [0.29, 0.717) is 17.7 Å². The van der Waals surface area contributed by atoms with Gasteiger partial charge in [0.15, 0.2) is 0 Å². The van der Waals surface area contributed by atoms with Crippen LogP contribution in [0.3, 0.4) is 0 Å². The molecule has 0 bridgehead atoms. The minimum Gasteiger partial charge on any atom is -0.493 e. The highest BCUT2D eigenvalue weighted by Crippen LogP contribution is 2.31. The Morgan fingerprint density at radius 3 is 2.26 bits per heavy atom. The van der Waals surface area contributed by atoms with E-state index in [1.807, 2.05) is 13.0 Å². The molecular weight excluding hydrogens is 360 g/mol. The number of hydrogen-bond donors (Lipinski definition) is 1. The Balaban J connectivity index is 0.000000632. The highest BCUT2D eigenvalue weighted by molar-refractivity contribution is 7.86. The van der Waals surface area contributed by atoms with Crippen molar-refractivity contribution in [1.82, 2.24) is 0 Å². The van der Waals surface area contributed by atoms with Crippen molar-refractivity contribution in [1.29, 1.82) is 0 Å². The molecule has 0 atom stereocenters. The van der Waals surface area contributed by atoms with Crippen LogP contribution in [-0.2, 0) is 10.1 Å². The molecule has 4 nitrogen and oxygen atoms in total. The number of benzene rings is 2. The predicted molar refractivity (Wildman–Crippen MR) is 114 cm³/mol. The molecule has 0 fully saturated rings. The third-order valence-electron chi connectivity index (χ3n) is 3.08. The topological polar surface area (TPSA) is 63.6 Å². The molecule has 2 aromatic rings. The summed E-state index contributed by atoms with van der Waals surface area (Å²) in [5, 5.41) is 1.15. The Kier molecular flexibility index (Phi) is 12.3. The molecular formula is C22H28O4S. The molecule has 5 heteroatoms. The van der Waals surface area contributed by atoms with Crippen LogP contribution in [0, 0.1) is 12.3 Å². The SMILES string of the molecule is C#CC.C=C/C=C\CC.CCCOc1cccc2cccc(S(=O)(=O)O)c12. The van der Waals surface area contributed by atoms with Gasteiger partial charge in [-0.1, -0.05) is 62.9 Å². The van der Waals surface area contributed by atoms with E-state index >= 15 is 0 Å². The van der Waals surface area contributed by atoms with E-state index in [9.17, 15) is 13.0 Å². The first-order chi connectivity index (χ1) is 12.9. The largest absolute Gasteiger partial charge is 0.493 e. The zero-order valence-electron chi connectivity index (χ0n) is 16.2. The van der Waals surface area contributed by atoms with Crippen molar-refractivity contribution in [3.8, 4) is 18.1 Å². The van der Waals surface area contributed by atoms with Crippen molar-refractivity contribution in [3.05, 3.63) is 61.2 Å². The highest BCUT2D eigenvalue weighted by atomic mass is 32.2. The molecule has 146 valence electrons. The van der Waals surface area contributed by atoms with Crippen molar-refractivity contribution in [2.24, 2.45) is 0 Å². The van der Waals surface area contributed by atoms with Crippen LogP contribution >= 0.6 is 0 Å². The van der Waals surface area contributed by atoms with Gasteiger partial charge in [-0.25, -0.2) is 0 Å². The summed E-state index contributed by atoms with van der Waals surface area (Å²) < 4.78 is 37.5. The first-order valence-electron chi connectivity index (χ1n) is 8.64. The zero-order chi connectivity index (χ0) is 20.7. The molecule has 0 heterocycles. The second-order valence-electron chi connectivity index (χ2n) is 5.29. The molecule has 1 N–H and O–H groups in total. The van der Waals surface area contributed by atoms with Crippen molar-refractivity contribution in [3.63, 3.8) is 0 Å². The normalized spacial score (nSPS) is 10.2. The van der Waals surface area contributed by atoms with Gasteiger partial charge in [0.05, 0.1) is 6.61 Å². The first-order valence-corrected chi connectivity index (χ1v) is 10.1. The van der Waals surface area contributed by atoms with Gasteiger partial charge < -0.3 is 4.74 Å². The molecule has 0 radical (unpaired) electrons. The summed E-state index contributed by atoms with van der Waals surface area (Å²) in [4.78, 5) is -0.119. The van der Waals surface area contributed by atoms with Gasteiger partial charge >= 0.3 is 0 Å². The van der Waals surface area contributed by atoms with Crippen LogP contribution in [0.4, 0.5) is 0 Å². The molecule has 0 saturated carbocycles. The van der Waals surface area contributed by atoms with E-state index in [-0.39, 0.29) is 4.90 Å². The van der Waals surface area contributed by atoms with E-state index in [1.54, 1.807) is 43.3 Å². The second-order valence-corrected chi connectivity index (χ2v) is 6.68. The van der Waals surface area contributed by atoms with Crippen LogP contribution < -0.4 is 4.74 Å². The van der Waals surface area contributed by atoms with E-state index in [4.69, 9.17) is 4.74 Å². The molecule has 0 saturated heterocycles. The molecule has 2 aromatic carbocycles. The van der Waals surface area contributed by atoms with Crippen molar-refractivity contribution >= 4 is 20.9 Å². The maximum Gasteiger partial charge on any atom is 0.295 e. The van der Waals surface area contributed by atoms with Gasteiger partial charge in [-0.3, -0.25) is 4.55 Å². The number of fused-ring (bicyclic) bond motifs is 1. The van der Waals surface area contributed by atoms with Gasteiger partial charge in [0.2, 0.25) is 0 Å². The van der Waals surface area contributed by atoms with E-state index in [2.05, 4.69) is 31.9 Å². The molecule has 2 rings (SSSR count). The zero-order valence-corrected chi connectivity index (χ0v) is 17.0. The molecule has 0 unspecified atom stereocenters. The van der Waals surface area contributed by atoms with Crippen molar-refractivity contribution in [2.45, 2.75) is 38.5 Å². The Bertz CT molecular complexity index is 870. The van der Waals surface area contributed by atoms with Crippen LogP contribution in [-0.4, -0.2) is 19.6 Å². The summed E-state index contributed by atoms with van der Waals surface area (Å²) >= 11 is 0. The Labute approximate surface area is 163 Å². The lowest BCUT2D eigenvalue weighted by atomic mass is 10.1. The van der Waals surface area contributed by atoms with Gasteiger partial charge in [-0.2, -0.15) is 8.42 Å². The van der Waals surface area contributed by atoms with E-state index < -0.39 is 10.1 Å². The van der Waals surface area contributed by atoms with Gasteiger partial charge in [0.1, 0.15) is 10.6 Å². The summed E-state index contributed by atoms with van der Waals surface area (Å²) in [5.41, 5.74) is 0. The smallest absolute Gasteiger partial charge is 0.295 e. The summed E-state index contributed by atoms with van der Waals surface area (Å²) in [6.07, 6.45) is 12.3. The monoisotopic (exact) mass is 388 g/mol. The fourth-order valence-electron chi connectivity index (χ4n) is 2.05. The third-order valence-corrected chi connectivity index (χ3v) is 3.97. The number of hydrogen-bond acceptors (Lipinski definition) is 3. The van der Waals surface area contributed by atoms with Crippen LogP contribution in [0.15, 0.2) is 66.1 Å². The summed E-state index contributed by atoms with van der Waals surface area (Å²) in [5.74, 6) is 2.72. The molecule has 0 aliphatic rings. The van der Waals surface area contributed by atoms with Crippen LogP contribution in [0.1, 0.15) is 33.6 Å². The standard InChI is InChI=1S/C13H14O4S.C6H10.C3H4/c1-2-9-17-11-7-3-5-10-6-4-8-12(13(10)11)18(14,15)16;1-3-5-6-4-2;1-3-2/h3-8H,2,9H2,1H3,(H,14,15,16);3,5-6H,1,4H2,2H3;1H,2H3/b;6-5-;. The highest BCUT2D eigenvalue weighted by Gasteiger charge is 2.16. The Hall–Kier alpha value is -2.55. The maximum absolute atomic E-state index is 11.4. The predicted octanol–water partition coefficient (Wildman–Crippen LogP) is 5.65. The maximum atomic E-state index is 11.4. The van der Waals surface area contributed by atoms with Gasteiger partial charge in [0, 0.05) is 5.39 Å². The quantitative estimate of drug-likeness (QED) is 0.394. The second kappa shape index (κ2) is 13.6. The van der Waals surface area contributed by atoms with E-state index in [1.165, 1.54) is 6.07 Å². The van der Waals surface area contributed by atoms with Gasteiger partial charge in [-0.15, -0.1) is 12.3 Å². The molecule has 0 aromatic heterocycles. The van der Waals surface area contributed by atoms with Crippen LogP contribution in [0.25, 0.3) is 10.8 Å². The van der Waals surface area contributed by atoms with Gasteiger partial charge in [-0.05, 0) is 37.3 Å². The molecule has 0 aliphatic carbocycles. The minimum atomic E-state index is -4.26. The fourth-order valence-corrected chi connectivity index (χ4v) is 2.78. The Morgan fingerprint density at radius 2 is 1.81 bits per heavy atom. The lowest BCUT2D eigenvalue weighted by Gasteiger charge is -2.10. The number of terminal acetylenes is 1. The number of allylic oxidation sites excluding steroid dienone is 3. The van der Waals surface area contributed by atoms with Crippen LogP contribution in [0.2, 0.25) is 0 Å². The van der Waals surface area contributed by atoms with Crippen molar-refractivity contribution in [2.75, 3.05) is 6.61 Å². The fraction of sp³-hybridized carbons (Fsp3) is 0.273.